The number of carboxylic acid groups (broad SMARTS) is 1. The molecule has 194 valence electrons. The van der Waals surface area contributed by atoms with E-state index in [4.69, 9.17) is 0 Å². The highest BCUT2D eigenvalue weighted by molar-refractivity contribution is 8.00. The molecule has 0 unspecified atom stereocenters. The monoisotopic (exact) mass is 519 g/mol. The summed E-state index contributed by atoms with van der Waals surface area (Å²) in [6.45, 7) is 0. The number of rotatable bonds is 14. The number of hydrogen-bond acceptors (Lipinski definition) is 5. The van der Waals surface area contributed by atoms with Crippen molar-refractivity contribution in [2.24, 2.45) is 0 Å². The number of ether oxygens (including phenoxy) is 1. The normalized spacial score (nSPS) is 11.9. The molecule has 0 aliphatic rings. The second-order valence-electron chi connectivity index (χ2n) is 8.68. The molecule has 1 amide bonds. The van der Waals surface area contributed by atoms with Gasteiger partial charge in [0.05, 0.1) is 18.3 Å². The van der Waals surface area contributed by atoms with Crippen molar-refractivity contribution in [3.8, 4) is 0 Å². The van der Waals surface area contributed by atoms with Gasteiger partial charge in [-0.2, -0.15) is 0 Å². The fraction of sp³-hybridized carbons (Fsp3) is 0.300. The third kappa shape index (κ3) is 7.70. The van der Waals surface area contributed by atoms with Crippen molar-refractivity contribution >= 4 is 29.6 Å². The third-order valence-electron chi connectivity index (χ3n) is 6.14. The Morgan fingerprint density at radius 2 is 1.30 bits per heavy atom. The van der Waals surface area contributed by atoms with Gasteiger partial charge >= 0.3 is 11.9 Å². The number of amides is 1. The van der Waals surface area contributed by atoms with Crippen LogP contribution in [0, 0.1) is 0 Å². The van der Waals surface area contributed by atoms with Crippen LogP contribution in [0.15, 0.2) is 91.0 Å². The molecule has 0 bridgehead atoms. The van der Waals surface area contributed by atoms with Gasteiger partial charge in [0, 0.05) is 6.42 Å². The van der Waals surface area contributed by atoms with Gasteiger partial charge in [-0.05, 0) is 35.3 Å². The van der Waals surface area contributed by atoms with Crippen molar-refractivity contribution in [3.05, 3.63) is 108 Å². The molecule has 1 atom stereocenters. The van der Waals surface area contributed by atoms with E-state index in [0.29, 0.717) is 6.42 Å². The van der Waals surface area contributed by atoms with E-state index in [1.54, 1.807) is 0 Å². The summed E-state index contributed by atoms with van der Waals surface area (Å²) < 4.78 is 4.13. The van der Waals surface area contributed by atoms with E-state index in [2.05, 4.69) is 82.9 Å². The highest BCUT2D eigenvalue weighted by Gasteiger charge is 2.36. The molecule has 6 nitrogen and oxygen atoms in total. The zero-order valence-corrected chi connectivity index (χ0v) is 21.8. The summed E-state index contributed by atoms with van der Waals surface area (Å²) in [7, 11) is 1.18. The number of carbonyl (C=O) groups is 3. The van der Waals surface area contributed by atoms with Crippen LogP contribution in [0.3, 0.4) is 0 Å². The van der Waals surface area contributed by atoms with Gasteiger partial charge < -0.3 is 15.2 Å². The fourth-order valence-corrected chi connectivity index (χ4v) is 5.84. The van der Waals surface area contributed by atoms with Gasteiger partial charge in [-0.1, -0.05) is 97.4 Å². The summed E-state index contributed by atoms with van der Waals surface area (Å²) in [6.07, 6.45) is 2.16. The molecule has 3 aromatic carbocycles. The number of aliphatic carboxylic acids is 1. The second-order valence-corrected chi connectivity index (χ2v) is 9.99. The lowest BCUT2D eigenvalue weighted by Gasteiger charge is -2.35. The molecule has 0 aliphatic carbocycles. The largest absolute Gasteiger partial charge is 0.480 e. The molecule has 3 aromatic rings. The minimum absolute atomic E-state index is 0.205. The molecule has 0 aromatic heterocycles. The number of thioether (sulfide) groups is 1. The van der Waals surface area contributed by atoms with E-state index in [-0.39, 0.29) is 17.1 Å². The van der Waals surface area contributed by atoms with Crippen LogP contribution in [0.1, 0.15) is 48.8 Å². The predicted molar refractivity (Wildman–Crippen MR) is 146 cm³/mol. The highest BCUT2D eigenvalue weighted by Crippen LogP contribution is 2.48. The number of esters is 1. The highest BCUT2D eigenvalue weighted by atomic mass is 32.2. The molecule has 7 heteroatoms. The lowest BCUT2D eigenvalue weighted by molar-refractivity contribution is -0.148. The summed E-state index contributed by atoms with van der Waals surface area (Å²) >= 11 is 1.88. The summed E-state index contributed by atoms with van der Waals surface area (Å²) in [4.78, 5) is 35.0. The zero-order valence-electron chi connectivity index (χ0n) is 21.0. The number of benzene rings is 3. The molecule has 37 heavy (non-hydrogen) atoms. The van der Waals surface area contributed by atoms with Gasteiger partial charge in [-0.3, -0.25) is 9.59 Å². The lowest BCUT2D eigenvalue weighted by Crippen LogP contribution is -2.42. The van der Waals surface area contributed by atoms with Crippen molar-refractivity contribution in [1.29, 1.82) is 0 Å². The Kier molecular flexibility index (Phi) is 10.8. The molecule has 0 heterocycles. The van der Waals surface area contributed by atoms with Crippen LogP contribution in [0.25, 0.3) is 0 Å². The van der Waals surface area contributed by atoms with E-state index in [9.17, 15) is 19.5 Å². The van der Waals surface area contributed by atoms with Gasteiger partial charge in [0.25, 0.3) is 0 Å². The first-order valence-corrected chi connectivity index (χ1v) is 13.4. The topological polar surface area (TPSA) is 92.7 Å². The van der Waals surface area contributed by atoms with Crippen molar-refractivity contribution in [2.75, 3.05) is 12.9 Å². The SMILES string of the molecule is COC(=O)C[C@H](NC(=O)CCCCCSC(c1ccccc1)(c1ccccc1)c1ccccc1)C(=O)O. The van der Waals surface area contributed by atoms with Crippen molar-refractivity contribution in [1.82, 2.24) is 5.32 Å². The first-order valence-electron chi connectivity index (χ1n) is 12.4. The van der Waals surface area contributed by atoms with Gasteiger partial charge in [0.15, 0.2) is 0 Å². The van der Waals surface area contributed by atoms with Crippen LogP contribution in [-0.4, -0.2) is 41.9 Å². The molecule has 0 aliphatic heterocycles. The number of methoxy groups -OCH3 is 1. The summed E-state index contributed by atoms with van der Waals surface area (Å²) in [5.41, 5.74) is 3.63. The van der Waals surface area contributed by atoms with E-state index >= 15 is 0 Å². The number of unbranched alkanes of at least 4 members (excludes halogenated alkanes) is 2. The van der Waals surface area contributed by atoms with E-state index in [0.717, 1.165) is 18.6 Å². The summed E-state index contributed by atoms with van der Waals surface area (Å²) in [5.74, 6) is -1.44. The molecule has 0 radical (unpaired) electrons. The quantitative estimate of drug-likeness (QED) is 0.168. The number of hydrogen-bond donors (Lipinski definition) is 2. The van der Waals surface area contributed by atoms with Crippen molar-refractivity contribution in [2.45, 2.75) is 42.9 Å². The Morgan fingerprint density at radius 3 is 1.73 bits per heavy atom. The van der Waals surface area contributed by atoms with Gasteiger partial charge in [-0.25, -0.2) is 4.79 Å². The zero-order chi connectivity index (χ0) is 26.5. The van der Waals surface area contributed by atoms with Crippen LogP contribution in [0.4, 0.5) is 0 Å². The smallest absolute Gasteiger partial charge is 0.326 e. The van der Waals surface area contributed by atoms with Crippen LogP contribution >= 0.6 is 11.8 Å². The van der Waals surface area contributed by atoms with Gasteiger partial charge in [0.2, 0.25) is 5.91 Å². The van der Waals surface area contributed by atoms with E-state index in [1.165, 1.54) is 23.8 Å². The maximum atomic E-state index is 12.2. The Morgan fingerprint density at radius 1 is 0.811 bits per heavy atom. The standard InChI is InChI=1S/C30H33NO5S/c1-36-28(33)22-26(29(34)35)31-27(32)20-12-5-13-21-37-30(23-14-6-2-7-15-23,24-16-8-3-9-17-24)25-18-10-4-11-19-25/h2-4,6-11,14-19,26H,5,12-13,20-22H2,1H3,(H,31,32)(H,34,35)/t26-/m0/s1. The van der Waals surface area contributed by atoms with E-state index in [1.807, 2.05) is 30.0 Å². The number of carboxylic acids is 1. The van der Waals surface area contributed by atoms with Gasteiger partial charge in [-0.15, -0.1) is 11.8 Å². The molecule has 0 spiro atoms. The van der Waals surface area contributed by atoms with Crippen LogP contribution in [-0.2, 0) is 23.9 Å². The molecular formula is C30H33NO5S. The van der Waals surface area contributed by atoms with Crippen LogP contribution < -0.4 is 5.32 Å². The summed E-state index contributed by atoms with van der Waals surface area (Å²) in [6, 6.07) is 30.2. The van der Waals surface area contributed by atoms with E-state index < -0.39 is 24.4 Å². The Balaban J connectivity index is 1.64. The Bertz CT molecular complexity index is 1040. The average Bonchev–Trinajstić information content (AvgIpc) is 2.93. The fourth-order valence-electron chi connectivity index (χ4n) is 4.27. The predicted octanol–water partition coefficient (Wildman–Crippen LogP) is 5.40. The minimum atomic E-state index is -1.28. The van der Waals surface area contributed by atoms with Crippen molar-refractivity contribution in [3.63, 3.8) is 0 Å². The molecule has 3 rings (SSSR count). The summed E-state index contributed by atoms with van der Waals surface area (Å²) in [5, 5.41) is 11.7. The maximum Gasteiger partial charge on any atom is 0.326 e. The molecule has 0 saturated heterocycles. The Labute approximate surface area is 222 Å². The average molecular weight is 520 g/mol. The number of carbonyl (C=O) groups excluding carboxylic acids is 2. The first-order chi connectivity index (χ1) is 18.0. The third-order valence-corrected chi connectivity index (χ3v) is 7.77. The maximum absolute atomic E-state index is 12.2. The molecule has 0 fully saturated rings. The molecular weight excluding hydrogens is 486 g/mol. The number of nitrogens with one attached hydrogen (secondary N) is 1. The van der Waals surface area contributed by atoms with Crippen LogP contribution in [0.2, 0.25) is 0 Å². The lowest BCUT2D eigenvalue weighted by atomic mass is 9.84. The molecule has 2 N–H and O–H groups in total. The first kappa shape index (κ1) is 28.0. The molecule has 0 saturated carbocycles. The second kappa shape index (κ2) is 14.2. The Hall–Kier alpha value is -3.58. The van der Waals surface area contributed by atoms with Gasteiger partial charge in [0.1, 0.15) is 6.04 Å². The minimum Gasteiger partial charge on any atom is -0.480 e. The van der Waals surface area contributed by atoms with Crippen molar-refractivity contribution < 1.29 is 24.2 Å². The van der Waals surface area contributed by atoms with Crippen LogP contribution in [0.5, 0.6) is 0 Å².